The summed E-state index contributed by atoms with van der Waals surface area (Å²) in [7, 11) is 0. The number of hydrogen-bond donors (Lipinski definition) is 2. The second kappa shape index (κ2) is 6.40. The van der Waals surface area contributed by atoms with Gasteiger partial charge in [-0.2, -0.15) is 13.2 Å². The van der Waals surface area contributed by atoms with Gasteiger partial charge in [0.1, 0.15) is 5.69 Å². The molecule has 1 aromatic heterocycles. The molecule has 0 bridgehead atoms. The third kappa shape index (κ3) is 3.66. The van der Waals surface area contributed by atoms with E-state index in [1.807, 2.05) is 0 Å². The second-order valence-corrected chi connectivity index (χ2v) is 6.13. The van der Waals surface area contributed by atoms with E-state index in [0.29, 0.717) is 0 Å². The molecule has 26 heavy (non-hydrogen) atoms. The molecule has 9 heteroatoms. The molecule has 2 N–H and O–H groups in total. The van der Waals surface area contributed by atoms with Crippen LogP contribution in [0, 0.1) is 0 Å². The molecule has 0 unspecified atom stereocenters. The first-order valence-corrected chi connectivity index (χ1v) is 7.73. The van der Waals surface area contributed by atoms with Crippen LogP contribution in [0.1, 0.15) is 44.9 Å². The first-order chi connectivity index (χ1) is 12.2. The molecule has 0 saturated heterocycles. The summed E-state index contributed by atoms with van der Waals surface area (Å²) in [5.74, 6) is -1.77. The highest BCUT2D eigenvalue weighted by molar-refractivity contribution is 5.92. The van der Waals surface area contributed by atoms with Crippen LogP contribution in [0.3, 0.4) is 0 Å². The SMILES string of the molecule is O=C(O)c1cnc(C(=O)NCC2(c3ccc(C(F)(F)F)cc3)CC2)cn1. The van der Waals surface area contributed by atoms with Gasteiger partial charge in [0.25, 0.3) is 5.91 Å². The lowest BCUT2D eigenvalue weighted by Gasteiger charge is -2.17. The van der Waals surface area contributed by atoms with Crippen molar-refractivity contribution in [2.75, 3.05) is 6.54 Å². The fourth-order valence-electron chi connectivity index (χ4n) is 2.63. The van der Waals surface area contributed by atoms with Crippen LogP contribution in [0.4, 0.5) is 13.2 Å². The molecule has 3 rings (SSSR count). The molecule has 1 heterocycles. The average Bonchev–Trinajstić information content (AvgIpc) is 3.40. The number of carboxylic acid groups (broad SMARTS) is 1. The Labute approximate surface area is 146 Å². The quantitative estimate of drug-likeness (QED) is 0.850. The van der Waals surface area contributed by atoms with Gasteiger partial charge in [0.05, 0.1) is 18.0 Å². The number of aromatic nitrogens is 2. The van der Waals surface area contributed by atoms with Crippen LogP contribution in [0.5, 0.6) is 0 Å². The smallest absolute Gasteiger partial charge is 0.416 e. The molecule has 0 spiro atoms. The zero-order valence-electron chi connectivity index (χ0n) is 13.4. The Morgan fingerprint density at radius 2 is 1.65 bits per heavy atom. The second-order valence-electron chi connectivity index (χ2n) is 6.13. The normalized spacial score (nSPS) is 15.3. The molecule has 1 amide bonds. The van der Waals surface area contributed by atoms with Gasteiger partial charge in [0, 0.05) is 12.0 Å². The Balaban J connectivity index is 1.65. The molecule has 0 radical (unpaired) electrons. The number of rotatable bonds is 5. The van der Waals surface area contributed by atoms with Crippen molar-refractivity contribution in [3.63, 3.8) is 0 Å². The Hall–Kier alpha value is -2.97. The number of aromatic carboxylic acids is 1. The molecule has 0 atom stereocenters. The third-order valence-corrected chi connectivity index (χ3v) is 4.37. The summed E-state index contributed by atoms with van der Waals surface area (Å²) < 4.78 is 37.9. The predicted molar refractivity (Wildman–Crippen MR) is 83.7 cm³/mol. The molecule has 0 aliphatic heterocycles. The van der Waals surface area contributed by atoms with Crippen LogP contribution in [-0.2, 0) is 11.6 Å². The summed E-state index contributed by atoms with van der Waals surface area (Å²) in [5, 5.41) is 11.4. The number of nitrogens with one attached hydrogen (secondary N) is 1. The highest BCUT2D eigenvalue weighted by Crippen LogP contribution is 2.48. The Bertz CT molecular complexity index is 829. The molecule has 1 aliphatic rings. The fourth-order valence-corrected chi connectivity index (χ4v) is 2.63. The first-order valence-electron chi connectivity index (χ1n) is 7.73. The minimum Gasteiger partial charge on any atom is -0.476 e. The summed E-state index contributed by atoms with van der Waals surface area (Å²) in [4.78, 5) is 30.2. The Morgan fingerprint density at radius 1 is 1.08 bits per heavy atom. The zero-order chi connectivity index (χ0) is 18.9. The van der Waals surface area contributed by atoms with Crippen molar-refractivity contribution in [1.82, 2.24) is 15.3 Å². The van der Waals surface area contributed by atoms with Crippen LogP contribution >= 0.6 is 0 Å². The number of carbonyl (C=O) groups excluding carboxylic acids is 1. The number of nitrogens with zero attached hydrogens (tertiary/aromatic N) is 2. The van der Waals surface area contributed by atoms with Crippen LogP contribution < -0.4 is 5.32 Å². The maximum atomic E-state index is 12.6. The fraction of sp³-hybridized carbons (Fsp3) is 0.294. The molecule has 2 aromatic rings. The molecular formula is C17H14F3N3O3. The van der Waals surface area contributed by atoms with E-state index in [1.54, 1.807) is 0 Å². The maximum Gasteiger partial charge on any atom is 0.416 e. The van der Waals surface area contributed by atoms with Crippen molar-refractivity contribution >= 4 is 11.9 Å². The van der Waals surface area contributed by atoms with Crippen molar-refractivity contribution in [2.24, 2.45) is 0 Å². The van der Waals surface area contributed by atoms with Gasteiger partial charge in [0.2, 0.25) is 0 Å². The topological polar surface area (TPSA) is 92.2 Å². The summed E-state index contributed by atoms with van der Waals surface area (Å²) >= 11 is 0. The van der Waals surface area contributed by atoms with Gasteiger partial charge < -0.3 is 10.4 Å². The van der Waals surface area contributed by atoms with Gasteiger partial charge in [-0.1, -0.05) is 12.1 Å². The number of hydrogen-bond acceptors (Lipinski definition) is 4. The van der Waals surface area contributed by atoms with Gasteiger partial charge in [-0.05, 0) is 30.5 Å². The number of carboxylic acids is 1. The highest BCUT2D eigenvalue weighted by Gasteiger charge is 2.44. The Kier molecular flexibility index (Phi) is 4.39. The molecule has 1 aliphatic carbocycles. The Morgan fingerprint density at radius 3 is 2.12 bits per heavy atom. The van der Waals surface area contributed by atoms with E-state index in [1.165, 1.54) is 12.1 Å². The minimum absolute atomic E-state index is 0.0294. The van der Waals surface area contributed by atoms with Crippen LogP contribution in [0.15, 0.2) is 36.7 Å². The zero-order valence-corrected chi connectivity index (χ0v) is 13.4. The van der Waals surface area contributed by atoms with Crippen molar-refractivity contribution in [3.8, 4) is 0 Å². The summed E-state index contributed by atoms with van der Waals surface area (Å²) in [6.45, 7) is 0.250. The van der Waals surface area contributed by atoms with E-state index < -0.39 is 23.6 Å². The monoisotopic (exact) mass is 365 g/mol. The number of amides is 1. The van der Waals surface area contributed by atoms with Gasteiger partial charge in [0.15, 0.2) is 5.69 Å². The van der Waals surface area contributed by atoms with Gasteiger partial charge in [-0.3, -0.25) is 4.79 Å². The summed E-state index contributed by atoms with van der Waals surface area (Å²) in [5.41, 5.74) is -0.662. The third-order valence-electron chi connectivity index (χ3n) is 4.37. The molecule has 136 valence electrons. The van der Waals surface area contributed by atoms with Crippen molar-refractivity contribution in [2.45, 2.75) is 24.4 Å². The molecule has 1 aromatic carbocycles. The van der Waals surface area contributed by atoms with E-state index in [9.17, 15) is 22.8 Å². The molecular weight excluding hydrogens is 351 g/mol. The summed E-state index contributed by atoms with van der Waals surface area (Å²) in [6, 6.07) is 4.94. The largest absolute Gasteiger partial charge is 0.476 e. The summed E-state index contributed by atoms with van der Waals surface area (Å²) in [6.07, 6.45) is -0.828. The van der Waals surface area contributed by atoms with Gasteiger partial charge >= 0.3 is 12.1 Å². The lowest BCUT2D eigenvalue weighted by molar-refractivity contribution is -0.137. The van der Waals surface area contributed by atoms with E-state index in [4.69, 9.17) is 5.11 Å². The number of alkyl halides is 3. The van der Waals surface area contributed by atoms with E-state index >= 15 is 0 Å². The molecule has 1 saturated carbocycles. The number of benzene rings is 1. The molecule has 1 fully saturated rings. The van der Waals surface area contributed by atoms with E-state index in [0.717, 1.165) is 42.9 Å². The highest BCUT2D eigenvalue weighted by atomic mass is 19.4. The van der Waals surface area contributed by atoms with E-state index in [-0.39, 0.29) is 23.3 Å². The molecule has 6 nitrogen and oxygen atoms in total. The average molecular weight is 365 g/mol. The predicted octanol–water partition coefficient (Wildman–Crippen LogP) is 2.66. The lowest BCUT2D eigenvalue weighted by Crippen LogP contribution is -2.33. The van der Waals surface area contributed by atoms with Crippen molar-refractivity contribution in [3.05, 3.63) is 59.2 Å². The standard InChI is InChI=1S/C17H14F3N3O3/c18-17(19,20)11-3-1-10(2-4-11)16(5-6-16)9-23-14(24)12-7-22-13(8-21-12)15(25)26/h1-4,7-8H,5-6,9H2,(H,23,24)(H,25,26). The lowest BCUT2D eigenvalue weighted by atomic mass is 9.94. The number of halogens is 3. The van der Waals surface area contributed by atoms with Crippen LogP contribution in [0.2, 0.25) is 0 Å². The maximum absolute atomic E-state index is 12.6. The van der Waals surface area contributed by atoms with Gasteiger partial charge in [-0.15, -0.1) is 0 Å². The van der Waals surface area contributed by atoms with E-state index in [2.05, 4.69) is 15.3 Å². The van der Waals surface area contributed by atoms with Crippen molar-refractivity contribution < 1.29 is 27.9 Å². The van der Waals surface area contributed by atoms with Crippen LogP contribution in [0.25, 0.3) is 0 Å². The van der Waals surface area contributed by atoms with Gasteiger partial charge in [-0.25, -0.2) is 14.8 Å². The number of carbonyl (C=O) groups is 2. The minimum atomic E-state index is -4.38. The van der Waals surface area contributed by atoms with Crippen molar-refractivity contribution in [1.29, 1.82) is 0 Å². The van der Waals surface area contributed by atoms with Crippen LogP contribution in [-0.4, -0.2) is 33.5 Å². The first kappa shape index (κ1) is 17.8.